The summed E-state index contributed by atoms with van der Waals surface area (Å²) >= 11 is 1.90. The Morgan fingerprint density at radius 1 is 0.735 bits per heavy atom. The number of para-hydroxylation sites is 1. The molecule has 0 fully saturated rings. The molecule has 4 aromatic carbocycles. The predicted molar refractivity (Wildman–Crippen MR) is 143 cm³/mol. The number of benzene rings is 3. The zero-order chi connectivity index (χ0) is 22.5. The number of furan rings is 1. The zero-order valence-corrected chi connectivity index (χ0v) is 19.3. The van der Waals surface area contributed by atoms with Gasteiger partial charge in [-0.1, -0.05) is 91.0 Å². The molecule has 0 unspecified atom stereocenters. The van der Waals surface area contributed by atoms with Crippen molar-refractivity contribution >= 4 is 39.4 Å². The second kappa shape index (κ2) is 7.76. The number of thiophene rings is 1. The number of hydrogen-bond donors (Lipinski definition) is 0. The lowest BCUT2D eigenvalue weighted by Gasteiger charge is -2.12. The van der Waals surface area contributed by atoms with E-state index in [1.165, 1.54) is 37.6 Å². The van der Waals surface area contributed by atoms with Crippen molar-refractivity contribution < 1.29 is 4.42 Å². The fourth-order valence-corrected chi connectivity index (χ4v) is 6.39. The third kappa shape index (κ3) is 3.02. The van der Waals surface area contributed by atoms with Gasteiger partial charge < -0.3 is 4.42 Å². The van der Waals surface area contributed by atoms with E-state index in [1.54, 1.807) is 0 Å². The van der Waals surface area contributed by atoms with E-state index in [1.807, 2.05) is 29.5 Å². The summed E-state index contributed by atoms with van der Waals surface area (Å²) in [7, 11) is 0. The van der Waals surface area contributed by atoms with Crippen LogP contribution in [0.1, 0.15) is 17.5 Å². The van der Waals surface area contributed by atoms with Crippen LogP contribution in [0.3, 0.4) is 0 Å². The lowest BCUT2D eigenvalue weighted by Crippen LogP contribution is -1.93. The van der Waals surface area contributed by atoms with Crippen molar-refractivity contribution in [1.29, 1.82) is 0 Å². The second-order valence-corrected chi connectivity index (χ2v) is 9.67. The molecule has 0 N–H and O–H groups in total. The zero-order valence-electron chi connectivity index (χ0n) is 18.5. The number of rotatable bonds is 3. The van der Waals surface area contributed by atoms with Crippen molar-refractivity contribution in [2.24, 2.45) is 0 Å². The number of allylic oxidation sites excluding steroid dienone is 1. The van der Waals surface area contributed by atoms with Crippen molar-refractivity contribution in [3.8, 4) is 32.0 Å². The fourth-order valence-electron chi connectivity index (χ4n) is 5.01. The first-order valence-corrected chi connectivity index (χ1v) is 12.4. The van der Waals surface area contributed by atoms with Gasteiger partial charge in [0.2, 0.25) is 0 Å². The van der Waals surface area contributed by atoms with E-state index in [4.69, 9.17) is 4.42 Å². The summed E-state index contributed by atoms with van der Waals surface area (Å²) in [5.74, 6) is 0. The highest BCUT2D eigenvalue weighted by Gasteiger charge is 2.22. The minimum atomic E-state index is 0.853. The summed E-state index contributed by atoms with van der Waals surface area (Å²) in [6, 6.07) is 36.5. The fraction of sp³-hybridized carbons (Fsp3) is 0.0625. The summed E-state index contributed by atoms with van der Waals surface area (Å²) in [5, 5.41) is 2.07. The molecule has 0 bridgehead atoms. The molecule has 1 aliphatic carbocycles. The molecule has 0 radical (unpaired) electrons. The van der Waals surface area contributed by atoms with E-state index in [9.17, 15) is 0 Å². The van der Waals surface area contributed by atoms with Gasteiger partial charge in [-0.3, -0.25) is 0 Å². The molecule has 0 saturated heterocycles. The Bertz CT molecular complexity index is 1700. The van der Waals surface area contributed by atoms with Crippen LogP contribution in [0.2, 0.25) is 0 Å². The van der Waals surface area contributed by atoms with Gasteiger partial charge in [-0.2, -0.15) is 0 Å². The molecule has 0 spiro atoms. The average molecular weight is 453 g/mol. The Balaban J connectivity index is 1.43. The highest BCUT2D eigenvalue weighted by molar-refractivity contribution is 7.19. The molecule has 0 amide bonds. The molecule has 34 heavy (non-hydrogen) atoms. The summed E-state index contributed by atoms with van der Waals surface area (Å²) < 4.78 is 6.15. The molecule has 2 heterocycles. The summed E-state index contributed by atoms with van der Waals surface area (Å²) in [5.41, 5.74) is 9.27. The Morgan fingerprint density at radius 2 is 1.53 bits per heavy atom. The topological polar surface area (TPSA) is 13.1 Å². The Labute approximate surface area is 202 Å². The quantitative estimate of drug-likeness (QED) is 0.261. The normalized spacial score (nSPS) is 12.7. The van der Waals surface area contributed by atoms with E-state index >= 15 is 0 Å². The van der Waals surface area contributed by atoms with Crippen molar-refractivity contribution in [2.75, 3.05) is 0 Å². The van der Waals surface area contributed by atoms with Crippen LogP contribution in [-0.4, -0.2) is 0 Å². The second-order valence-electron chi connectivity index (χ2n) is 8.65. The Morgan fingerprint density at radius 3 is 2.44 bits per heavy atom. The molecule has 0 aliphatic heterocycles. The van der Waals surface area contributed by atoms with Crippen LogP contribution in [0.15, 0.2) is 95.4 Å². The smallest absolute Gasteiger partial charge is 0.145 e. The first-order chi connectivity index (χ1) is 16.9. The van der Waals surface area contributed by atoms with Gasteiger partial charge in [0.1, 0.15) is 11.2 Å². The molecular weight excluding hydrogens is 432 g/mol. The Kier molecular flexibility index (Phi) is 4.43. The van der Waals surface area contributed by atoms with Crippen molar-refractivity contribution in [2.45, 2.75) is 12.8 Å². The summed E-state index contributed by atoms with van der Waals surface area (Å²) in [6.07, 6.45) is 6.76. The van der Waals surface area contributed by atoms with Crippen LogP contribution in [0, 0.1) is 12.1 Å². The molecule has 160 valence electrons. The van der Waals surface area contributed by atoms with Gasteiger partial charge in [0.05, 0.1) is 5.39 Å². The first kappa shape index (κ1) is 19.4. The SMILES string of the molecule is c1c(-c2ccccc2-c2sc(-c3ccccc3)c3c2CCC=C3)cc2oc3ccccc3c2c#1. The van der Waals surface area contributed by atoms with E-state index in [-0.39, 0.29) is 0 Å². The van der Waals surface area contributed by atoms with Gasteiger partial charge in [0.25, 0.3) is 0 Å². The first-order valence-electron chi connectivity index (χ1n) is 11.6. The van der Waals surface area contributed by atoms with Gasteiger partial charge in [0.15, 0.2) is 0 Å². The molecular formula is C32H20OS. The molecule has 6 aromatic rings. The van der Waals surface area contributed by atoms with Crippen molar-refractivity contribution in [1.82, 2.24) is 0 Å². The van der Waals surface area contributed by atoms with E-state index in [2.05, 4.69) is 91.0 Å². The molecule has 1 aliphatic rings. The van der Waals surface area contributed by atoms with Crippen LogP contribution >= 0.6 is 11.3 Å². The van der Waals surface area contributed by atoms with Crippen LogP contribution in [0.25, 0.3) is 60.0 Å². The highest BCUT2D eigenvalue weighted by atomic mass is 32.1. The summed E-state index contributed by atoms with van der Waals surface area (Å²) in [4.78, 5) is 2.70. The largest absolute Gasteiger partial charge is 0.455 e. The maximum absolute atomic E-state index is 6.15. The molecule has 7 rings (SSSR count). The van der Waals surface area contributed by atoms with Gasteiger partial charge in [0, 0.05) is 26.3 Å². The minimum absolute atomic E-state index is 0.853. The monoisotopic (exact) mass is 452 g/mol. The van der Waals surface area contributed by atoms with Crippen LogP contribution in [-0.2, 0) is 6.42 Å². The van der Waals surface area contributed by atoms with E-state index in [0.29, 0.717) is 0 Å². The van der Waals surface area contributed by atoms with Gasteiger partial charge in [-0.15, -0.1) is 11.3 Å². The Hall–Kier alpha value is -4.06. The molecule has 2 heteroatoms. The van der Waals surface area contributed by atoms with Crippen LogP contribution in [0.4, 0.5) is 0 Å². The molecule has 2 aromatic heterocycles. The minimum Gasteiger partial charge on any atom is -0.455 e. The van der Waals surface area contributed by atoms with E-state index < -0.39 is 0 Å². The lowest BCUT2D eigenvalue weighted by molar-refractivity contribution is 0.669. The predicted octanol–water partition coefficient (Wildman–Crippen LogP) is 9.21. The average Bonchev–Trinajstić information content (AvgIpc) is 3.47. The van der Waals surface area contributed by atoms with Gasteiger partial charge >= 0.3 is 0 Å². The van der Waals surface area contributed by atoms with Gasteiger partial charge in [-0.05, 0) is 53.3 Å². The maximum Gasteiger partial charge on any atom is 0.145 e. The molecule has 1 nitrogen and oxygen atoms in total. The molecule has 0 saturated carbocycles. The summed E-state index contributed by atoms with van der Waals surface area (Å²) in [6.45, 7) is 0. The highest BCUT2D eigenvalue weighted by Crippen LogP contribution is 2.47. The van der Waals surface area contributed by atoms with Crippen LogP contribution in [0.5, 0.6) is 0 Å². The number of hydrogen-bond acceptors (Lipinski definition) is 2. The maximum atomic E-state index is 6.15. The molecule has 0 atom stereocenters. The van der Waals surface area contributed by atoms with E-state index in [0.717, 1.165) is 40.3 Å². The third-order valence-corrected chi connectivity index (χ3v) is 7.94. The lowest BCUT2D eigenvalue weighted by atomic mass is 9.91. The van der Waals surface area contributed by atoms with Gasteiger partial charge in [-0.25, -0.2) is 0 Å². The van der Waals surface area contributed by atoms with Crippen molar-refractivity contribution in [3.05, 3.63) is 114 Å². The standard InChI is InChI=1S/C32H20OS/c1-2-10-21(11-3-1)31-27-15-6-7-16-28(27)32(34-31)26-14-5-4-12-23(26)22-18-19-25-24-13-8-9-17-29(24)33-30(25)20-22/h1-6,8-15,17,20H,7,16H2. The number of fused-ring (bicyclic) bond motifs is 4. The van der Waals surface area contributed by atoms with Crippen LogP contribution < -0.4 is 0 Å². The van der Waals surface area contributed by atoms with Crippen molar-refractivity contribution in [3.63, 3.8) is 0 Å². The third-order valence-electron chi connectivity index (χ3n) is 6.61.